The molecule has 172 valence electrons. The van der Waals surface area contributed by atoms with Gasteiger partial charge in [0, 0.05) is 23.7 Å². The number of carbonyl (C=O) groups is 1. The molecule has 0 aliphatic carbocycles. The molecule has 3 aromatic rings. The third-order valence-electron chi connectivity index (χ3n) is 6.84. The van der Waals surface area contributed by atoms with Crippen molar-refractivity contribution in [2.24, 2.45) is 5.92 Å². The lowest BCUT2D eigenvalue weighted by atomic mass is 9.82. The summed E-state index contributed by atoms with van der Waals surface area (Å²) in [5, 5.41) is 13.5. The smallest absolute Gasteiger partial charge is 0.227 e. The molecule has 1 saturated heterocycles. The van der Waals surface area contributed by atoms with E-state index in [-0.39, 0.29) is 30.5 Å². The van der Waals surface area contributed by atoms with Gasteiger partial charge in [0.1, 0.15) is 5.75 Å². The Morgan fingerprint density at radius 3 is 2.68 bits per heavy atom. The molecule has 2 heterocycles. The van der Waals surface area contributed by atoms with Gasteiger partial charge in [-0.15, -0.1) is 0 Å². The largest absolute Gasteiger partial charge is 0.495 e. The summed E-state index contributed by atoms with van der Waals surface area (Å²) in [4.78, 5) is 15.3. The number of nitrogens with one attached hydrogen (secondary N) is 1. The average Bonchev–Trinajstić information content (AvgIpc) is 3.33. The quantitative estimate of drug-likeness (QED) is 0.587. The first kappa shape index (κ1) is 22.1. The Morgan fingerprint density at radius 1 is 1.09 bits per heavy atom. The Bertz CT molecular complexity index is 1240. The molecule has 1 fully saturated rings. The van der Waals surface area contributed by atoms with Crippen LogP contribution in [0.5, 0.6) is 5.75 Å². The van der Waals surface area contributed by atoms with Gasteiger partial charge < -0.3 is 20.1 Å². The molecule has 0 bridgehead atoms. The Morgan fingerprint density at radius 2 is 1.88 bits per heavy atom. The Hall–Kier alpha value is -3.75. The highest BCUT2D eigenvalue weighted by Gasteiger charge is 2.45. The van der Waals surface area contributed by atoms with Gasteiger partial charge >= 0.3 is 0 Å². The first-order valence-corrected chi connectivity index (χ1v) is 11.7. The third kappa shape index (κ3) is 4.25. The molecule has 3 aromatic carbocycles. The number of aliphatic hydroxyl groups is 1. The molecule has 5 heteroatoms. The summed E-state index contributed by atoms with van der Waals surface area (Å²) in [6.07, 6.45) is 1.24. The molecule has 5 rings (SSSR count). The number of fused-ring (bicyclic) bond motifs is 3. The highest BCUT2D eigenvalue weighted by atomic mass is 16.5. The molecule has 0 aromatic heterocycles. The van der Waals surface area contributed by atoms with Crippen molar-refractivity contribution >= 4 is 11.6 Å². The van der Waals surface area contributed by atoms with E-state index in [0.717, 1.165) is 40.1 Å². The number of anilines is 1. The van der Waals surface area contributed by atoms with E-state index in [9.17, 15) is 9.90 Å². The number of benzene rings is 3. The maximum absolute atomic E-state index is 13.3. The van der Waals surface area contributed by atoms with Gasteiger partial charge in [0.2, 0.25) is 5.91 Å². The van der Waals surface area contributed by atoms with Crippen molar-refractivity contribution < 1.29 is 14.6 Å². The highest BCUT2D eigenvalue weighted by Crippen LogP contribution is 2.46. The van der Waals surface area contributed by atoms with Crippen LogP contribution in [0.3, 0.4) is 0 Å². The Balaban J connectivity index is 1.47. The Kier molecular flexibility index (Phi) is 6.24. The Labute approximate surface area is 200 Å². The lowest BCUT2D eigenvalue weighted by Gasteiger charge is -2.39. The lowest BCUT2D eigenvalue weighted by molar-refractivity contribution is -0.131. The van der Waals surface area contributed by atoms with E-state index >= 15 is 0 Å². The number of hydrogen-bond acceptors (Lipinski definition) is 4. The summed E-state index contributed by atoms with van der Waals surface area (Å²) >= 11 is 0. The fraction of sp³-hybridized carbons (Fsp3) is 0.276. The number of aliphatic hydroxyl groups excluding tert-OH is 1. The SMILES string of the molecule is COc1ccccc1C#Cc1ccc2c(c1)[C@@H]1[C@@H](CCN1C(=O)Cc1ccccc1)[C@@H](CO)N2. The molecule has 0 spiro atoms. The van der Waals surface area contributed by atoms with E-state index in [2.05, 4.69) is 23.2 Å². The summed E-state index contributed by atoms with van der Waals surface area (Å²) < 4.78 is 5.41. The maximum atomic E-state index is 13.3. The number of likely N-dealkylation sites (tertiary alicyclic amines) is 1. The molecular formula is C29H28N2O3. The van der Waals surface area contributed by atoms with Crippen LogP contribution in [-0.4, -0.2) is 42.2 Å². The first-order valence-electron chi connectivity index (χ1n) is 11.7. The van der Waals surface area contributed by atoms with Gasteiger partial charge in [-0.05, 0) is 47.9 Å². The van der Waals surface area contributed by atoms with Crippen LogP contribution < -0.4 is 10.1 Å². The number of nitrogens with zero attached hydrogens (tertiary/aromatic N) is 1. The first-order chi connectivity index (χ1) is 16.7. The summed E-state index contributed by atoms with van der Waals surface area (Å²) in [7, 11) is 1.64. The molecule has 0 saturated carbocycles. The lowest BCUT2D eigenvalue weighted by Crippen LogP contribution is -2.43. The van der Waals surface area contributed by atoms with Gasteiger partial charge in [-0.1, -0.05) is 54.3 Å². The minimum atomic E-state index is -0.0717. The number of carbonyl (C=O) groups excluding carboxylic acids is 1. The van der Waals surface area contributed by atoms with Gasteiger partial charge in [0.25, 0.3) is 0 Å². The average molecular weight is 453 g/mol. The molecule has 5 nitrogen and oxygen atoms in total. The molecule has 0 unspecified atom stereocenters. The van der Waals surface area contributed by atoms with E-state index in [4.69, 9.17) is 4.74 Å². The zero-order valence-corrected chi connectivity index (χ0v) is 19.2. The van der Waals surface area contributed by atoms with Gasteiger partial charge in [-0.25, -0.2) is 0 Å². The van der Waals surface area contributed by atoms with Crippen LogP contribution in [-0.2, 0) is 11.2 Å². The molecule has 34 heavy (non-hydrogen) atoms. The van der Waals surface area contributed by atoms with Crippen molar-refractivity contribution in [2.75, 3.05) is 25.6 Å². The monoisotopic (exact) mass is 452 g/mol. The van der Waals surface area contributed by atoms with E-state index in [0.29, 0.717) is 13.0 Å². The summed E-state index contributed by atoms with van der Waals surface area (Å²) in [5.74, 6) is 7.51. The molecule has 3 atom stereocenters. The number of hydrogen-bond donors (Lipinski definition) is 2. The highest BCUT2D eigenvalue weighted by molar-refractivity contribution is 5.80. The van der Waals surface area contributed by atoms with Gasteiger partial charge in [0.15, 0.2) is 0 Å². The second kappa shape index (κ2) is 9.62. The molecule has 0 radical (unpaired) electrons. The minimum absolute atomic E-state index is 0.0384. The second-order valence-corrected chi connectivity index (χ2v) is 8.83. The molecule has 1 amide bonds. The molecular weight excluding hydrogens is 424 g/mol. The van der Waals surface area contributed by atoms with Crippen LogP contribution in [0.4, 0.5) is 5.69 Å². The van der Waals surface area contributed by atoms with Crippen molar-refractivity contribution in [1.82, 2.24) is 4.90 Å². The van der Waals surface area contributed by atoms with Gasteiger partial charge in [-0.2, -0.15) is 0 Å². The third-order valence-corrected chi connectivity index (χ3v) is 6.84. The minimum Gasteiger partial charge on any atom is -0.495 e. The van der Waals surface area contributed by atoms with Crippen LogP contribution in [0.1, 0.15) is 34.7 Å². The normalized spacial score (nSPS) is 20.4. The van der Waals surface area contributed by atoms with E-state index in [1.165, 1.54) is 0 Å². The topological polar surface area (TPSA) is 61.8 Å². The summed E-state index contributed by atoms with van der Waals surface area (Å²) in [6, 6.07) is 23.5. The molecule has 2 aliphatic heterocycles. The van der Waals surface area contributed by atoms with Crippen LogP contribution >= 0.6 is 0 Å². The van der Waals surface area contributed by atoms with Crippen molar-refractivity contribution in [2.45, 2.75) is 24.9 Å². The zero-order valence-electron chi connectivity index (χ0n) is 19.2. The van der Waals surface area contributed by atoms with Crippen LogP contribution in [0.25, 0.3) is 0 Å². The van der Waals surface area contributed by atoms with Crippen LogP contribution in [0.15, 0.2) is 72.8 Å². The zero-order chi connectivity index (χ0) is 23.5. The predicted octanol–water partition coefficient (Wildman–Crippen LogP) is 4.01. The number of amides is 1. The second-order valence-electron chi connectivity index (χ2n) is 8.83. The number of methoxy groups -OCH3 is 1. The molecule has 2 N–H and O–H groups in total. The number of para-hydroxylation sites is 1. The van der Waals surface area contributed by atoms with Crippen LogP contribution in [0, 0.1) is 17.8 Å². The fourth-order valence-electron chi connectivity index (χ4n) is 5.18. The van der Waals surface area contributed by atoms with E-state index in [1.54, 1.807) is 7.11 Å². The standard InChI is InChI=1S/C29H28N2O3/c1-34-27-10-6-5-9-22(27)13-11-21-12-14-25-24(17-21)29-23(26(19-32)30-25)15-16-31(29)28(33)18-20-7-3-2-4-8-20/h2-10,12,14,17,23,26,29-30,32H,15-16,18-19H2,1H3/t23-,26+,29-/m0/s1. The van der Waals surface area contributed by atoms with Crippen molar-refractivity contribution in [3.8, 4) is 17.6 Å². The number of ether oxygens (including phenoxy) is 1. The summed E-state index contributed by atoms with van der Waals surface area (Å²) in [6.45, 7) is 0.729. The molecule has 2 aliphatic rings. The van der Waals surface area contributed by atoms with E-state index in [1.807, 2.05) is 71.6 Å². The maximum Gasteiger partial charge on any atom is 0.227 e. The van der Waals surface area contributed by atoms with Crippen molar-refractivity contribution in [3.63, 3.8) is 0 Å². The van der Waals surface area contributed by atoms with Crippen LogP contribution in [0.2, 0.25) is 0 Å². The van der Waals surface area contributed by atoms with Crippen molar-refractivity contribution in [3.05, 3.63) is 95.1 Å². The number of rotatable bonds is 4. The van der Waals surface area contributed by atoms with Crippen molar-refractivity contribution in [1.29, 1.82) is 0 Å². The predicted molar refractivity (Wildman–Crippen MR) is 133 cm³/mol. The summed E-state index contributed by atoms with van der Waals surface area (Å²) in [5.41, 5.74) is 4.76. The fourth-order valence-corrected chi connectivity index (χ4v) is 5.18. The van der Waals surface area contributed by atoms with E-state index < -0.39 is 0 Å². The van der Waals surface area contributed by atoms with Gasteiger partial charge in [0.05, 0.1) is 37.8 Å². The van der Waals surface area contributed by atoms with Gasteiger partial charge in [-0.3, -0.25) is 4.79 Å².